The van der Waals surface area contributed by atoms with Gasteiger partial charge in [0, 0.05) is 29.3 Å². The van der Waals surface area contributed by atoms with Crippen LogP contribution in [-0.2, 0) is 13.0 Å². The summed E-state index contributed by atoms with van der Waals surface area (Å²) in [6.45, 7) is 3.20. The highest BCUT2D eigenvalue weighted by Crippen LogP contribution is 2.27. The molecule has 2 aromatic heterocycles. The molecule has 1 aromatic carbocycles. The zero-order valence-electron chi connectivity index (χ0n) is 16.7. The molecule has 4 nitrogen and oxygen atoms in total. The molecule has 0 saturated heterocycles. The number of thiophene rings is 1. The molecule has 152 valence electrons. The SMILES string of the molecule is Cc1nc(C(=O)N(Cc2cccc(OCCc3cccs3)c2)C2CCCC2)cs1. The average Bonchev–Trinajstić information content (AvgIpc) is 3.49. The second kappa shape index (κ2) is 9.55. The van der Waals surface area contributed by atoms with Crippen LogP contribution in [0.15, 0.2) is 47.2 Å². The first-order chi connectivity index (χ1) is 14.2. The third kappa shape index (κ3) is 5.25. The Hall–Kier alpha value is -2.18. The van der Waals surface area contributed by atoms with E-state index in [2.05, 4.69) is 34.6 Å². The first-order valence-corrected chi connectivity index (χ1v) is 11.9. The van der Waals surface area contributed by atoms with Crippen LogP contribution in [0.25, 0.3) is 0 Å². The molecule has 0 aliphatic heterocycles. The molecule has 0 bridgehead atoms. The summed E-state index contributed by atoms with van der Waals surface area (Å²) in [6, 6.07) is 12.6. The molecule has 1 fully saturated rings. The minimum atomic E-state index is 0.0465. The van der Waals surface area contributed by atoms with Crippen LogP contribution >= 0.6 is 22.7 Å². The molecular weight excluding hydrogens is 400 g/mol. The molecule has 1 aliphatic rings. The largest absolute Gasteiger partial charge is 0.493 e. The van der Waals surface area contributed by atoms with E-state index in [4.69, 9.17) is 4.74 Å². The molecule has 0 radical (unpaired) electrons. The number of thiazole rings is 1. The van der Waals surface area contributed by atoms with Crippen LogP contribution in [0.4, 0.5) is 0 Å². The third-order valence-corrected chi connectivity index (χ3v) is 7.02. The van der Waals surface area contributed by atoms with Gasteiger partial charge in [-0.25, -0.2) is 4.98 Å². The van der Waals surface area contributed by atoms with Gasteiger partial charge in [-0.15, -0.1) is 22.7 Å². The first-order valence-electron chi connectivity index (χ1n) is 10.2. The summed E-state index contributed by atoms with van der Waals surface area (Å²) < 4.78 is 5.97. The molecule has 1 aliphatic carbocycles. The molecule has 3 aromatic rings. The van der Waals surface area contributed by atoms with E-state index in [0.29, 0.717) is 24.9 Å². The number of rotatable bonds is 8. The predicted octanol–water partition coefficient (Wildman–Crippen LogP) is 5.72. The van der Waals surface area contributed by atoms with Crippen molar-refractivity contribution in [2.24, 2.45) is 0 Å². The molecular formula is C23H26N2O2S2. The fourth-order valence-electron chi connectivity index (χ4n) is 3.85. The number of carbonyl (C=O) groups excluding carboxylic acids is 1. The van der Waals surface area contributed by atoms with Crippen molar-refractivity contribution in [3.05, 3.63) is 68.3 Å². The van der Waals surface area contributed by atoms with Crippen molar-refractivity contribution in [2.45, 2.75) is 51.6 Å². The van der Waals surface area contributed by atoms with Crippen LogP contribution in [0.5, 0.6) is 5.75 Å². The van der Waals surface area contributed by atoms with E-state index < -0.39 is 0 Å². The molecule has 0 unspecified atom stereocenters. The quantitative estimate of drug-likeness (QED) is 0.463. The Morgan fingerprint density at radius 3 is 2.79 bits per heavy atom. The van der Waals surface area contributed by atoms with E-state index >= 15 is 0 Å². The molecule has 2 heterocycles. The van der Waals surface area contributed by atoms with E-state index in [1.807, 2.05) is 29.3 Å². The van der Waals surface area contributed by atoms with Crippen LogP contribution in [0.3, 0.4) is 0 Å². The fourth-order valence-corrected chi connectivity index (χ4v) is 5.12. The number of ether oxygens (including phenoxy) is 1. The fraction of sp³-hybridized carbons (Fsp3) is 0.391. The van der Waals surface area contributed by atoms with Crippen molar-refractivity contribution >= 4 is 28.6 Å². The lowest BCUT2D eigenvalue weighted by molar-refractivity contribution is 0.0659. The van der Waals surface area contributed by atoms with Gasteiger partial charge >= 0.3 is 0 Å². The number of carbonyl (C=O) groups is 1. The molecule has 1 saturated carbocycles. The zero-order valence-corrected chi connectivity index (χ0v) is 18.3. The Labute approximate surface area is 180 Å². The molecule has 0 spiro atoms. The maximum atomic E-state index is 13.2. The second-order valence-corrected chi connectivity index (χ2v) is 9.54. The minimum Gasteiger partial charge on any atom is -0.493 e. The summed E-state index contributed by atoms with van der Waals surface area (Å²) in [5.41, 5.74) is 1.67. The van der Waals surface area contributed by atoms with E-state index in [-0.39, 0.29) is 5.91 Å². The van der Waals surface area contributed by atoms with Gasteiger partial charge in [0.2, 0.25) is 0 Å². The van der Waals surface area contributed by atoms with Gasteiger partial charge in [-0.05, 0) is 48.9 Å². The summed E-state index contributed by atoms with van der Waals surface area (Å²) >= 11 is 3.29. The lowest BCUT2D eigenvalue weighted by Gasteiger charge is -2.28. The van der Waals surface area contributed by atoms with Gasteiger partial charge in [0.15, 0.2) is 0 Å². The lowest BCUT2D eigenvalue weighted by Crippen LogP contribution is -2.38. The van der Waals surface area contributed by atoms with E-state index in [1.54, 1.807) is 11.3 Å². The van der Waals surface area contributed by atoms with E-state index in [1.165, 1.54) is 29.1 Å². The zero-order chi connectivity index (χ0) is 20.1. The number of aryl methyl sites for hydroxylation is 1. The molecule has 1 amide bonds. The Morgan fingerprint density at radius 2 is 2.07 bits per heavy atom. The van der Waals surface area contributed by atoms with Crippen LogP contribution in [0, 0.1) is 6.92 Å². The number of nitrogens with zero attached hydrogens (tertiary/aromatic N) is 2. The van der Waals surface area contributed by atoms with Crippen LogP contribution in [-0.4, -0.2) is 28.4 Å². The Balaban J connectivity index is 1.44. The van der Waals surface area contributed by atoms with Crippen LogP contribution in [0.2, 0.25) is 0 Å². The van der Waals surface area contributed by atoms with Gasteiger partial charge in [0.25, 0.3) is 5.91 Å². The molecule has 0 N–H and O–H groups in total. The molecule has 29 heavy (non-hydrogen) atoms. The summed E-state index contributed by atoms with van der Waals surface area (Å²) in [5, 5.41) is 4.90. The Kier molecular flexibility index (Phi) is 6.62. The second-order valence-electron chi connectivity index (χ2n) is 7.45. The van der Waals surface area contributed by atoms with Crippen LogP contribution in [0.1, 0.15) is 51.6 Å². The highest BCUT2D eigenvalue weighted by Gasteiger charge is 2.28. The summed E-state index contributed by atoms with van der Waals surface area (Å²) in [5.74, 6) is 0.910. The average molecular weight is 427 g/mol. The summed E-state index contributed by atoms with van der Waals surface area (Å²) in [4.78, 5) is 21.0. The topological polar surface area (TPSA) is 42.4 Å². The smallest absolute Gasteiger partial charge is 0.273 e. The molecule has 0 atom stereocenters. The van der Waals surface area contributed by atoms with Gasteiger partial charge < -0.3 is 9.64 Å². The van der Waals surface area contributed by atoms with Crippen molar-refractivity contribution in [3.8, 4) is 5.75 Å². The highest BCUT2D eigenvalue weighted by atomic mass is 32.1. The monoisotopic (exact) mass is 426 g/mol. The standard InChI is InChI=1S/C23H26N2O2S2/c1-17-24-22(16-29-17)23(26)25(19-7-2-3-8-19)15-18-6-4-9-20(14-18)27-12-11-21-10-5-13-28-21/h4-6,9-10,13-14,16,19H,2-3,7-8,11-12,15H2,1H3. The summed E-state index contributed by atoms with van der Waals surface area (Å²) in [7, 11) is 0. The third-order valence-electron chi connectivity index (χ3n) is 5.31. The van der Waals surface area contributed by atoms with Gasteiger partial charge in [0.1, 0.15) is 11.4 Å². The maximum Gasteiger partial charge on any atom is 0.273 e. The van der Waals surface area contributed by atoms with Crippen molar-refractivity contribution in [2.75, 3.05) is 6.61 Å². The van der Waals surface area contributed by atoms with Crippen LogP contribution < -0.4 is 4.74 Å². The number of amides is 1. The molecule has 4 rings (SSSR count). The lowest BCUT2D eigenvalue weighted by atomic mass is 10.1. The number of aromatic nitrogens is 1. The molecule has 6 heteroatoms. The van der Waals surface area contributed by atoms with E-state index in [9.17, 15) is 4.79 Å². The number of benzene rings is 1. The first kappa shape index (κ1) is 20.1. The van der Waals surface area contributed by atoms with Gasteiger partial charge in [-0.1, -0.05) is 31.0 Å². The van der Waals surface area contributed by atoms with Crippen molar-refractivity contribution < 1.29 is 9.53 Å². The maximum absolute atomic E-state index is 13.2. The normalized spacial score (nSPS) is 14.2. The van der Waals surface area contributed by atoms with Gasteiger partial charge in [-0.3, -0.25) is 4.79 Å². The minimum absolute atomic E-state index is 0.0465. The number of hydrogen-bond acceptors (Lipinski definition) is 5. The summed E-state index contributed by atoms with van der Waals surface area (Å²) in [6.07, 6.45) is 5.45. The van der Waals surface area contributed by atoms with Gasteiger partial charge in [0.05, 0.1) is 11.6 Å². The van der Waals surface area contributed by atoms with Crippen molar-refractivity contribution in [1.82, 2.24) is 9.88 Å². The highest BCUT2D eigenvalue weighted by molar-refractivity contribution is 7.10. The van der Waals surface area contributed by atoms with Crippen molar-refractivity contribution in [3.63, 3.8) is 0 Å². The Morgan fingerprint density at radius 1 is 1.21 bits per heavy atom. The Bertz CT molecular complexity index is 930. The predicted molar refractivity (Wildman–Crippen MR) is 119 cm³/mol. The van der Waals surface area contributed by atoms with E-state index in [0.717, 1.165) is 35.6 Å². The van der Waals surface area contributed by atoms with Gasteiger partial charge in [-0.2, -0.15) is 0 Å². The number of hydrogen-bond donors (Lipinski definition) is 0. The van der Waals surface area contributed by atoms with Crippen molar-refractivity contribution in [1.29, 1.82) is 0 Å².